The maximum absolute atomic E-state index is 5.91. The Bertz CT molecular complexity index is 588. The van der Waals surface area contributed by atoms with Crippen LogP contribution in [-0.2, 0) is 0 Å². The van der Waals surface area contributed by atoms with E-state index in [2.05, 4.69) is 23.0 Å². The largest absolute Gasteiger partial charge is 0.399 e. The van der Waals surface area contributed by atoms with Crippen LogP contribution in [0, 0.1) is 6.92 Å². The minimum atomic E-state index is 0.677. The molecule has 1 saturated carbocycles. The molecular weight excluding hydrogens is 222 g/mol. The summed E-state index contributed by atoms with van der Waals surface area (Å²) < 4.78 is 0. The lowest BCUT2D eigenvalue weighted by atomic mass is 9.91. The van der Waals surface area contributed by atoms with Gasteiger partial charge in [0, 0.05) is 35.5 Å². The summed E-state index contributed by atoms with van der Waals surface area (Å²) in [5, 5.41) is 1.16. The molecule has 1 aromatic carbocycles. The molecule has 94 valence electrons. The maximum atomic E-state index is 5.91. The number of pyridine rings is 1. The van der Waals surface area contributed by atoms with Gasteiger partial charge in [-0.15, -0.1) is 0 Å². The van der Waals surface area contributed by atoms with Gasteiger partial charge in [-0.05, 0) is 50.5 Å². The number of hydrogen-bond acceptors (Lipinski definition) is 3. The monoisotopic (exact) mass is 241 g/mol. The number of rotatable bonds is 2. The van der Waals surface area contributed by atoms with Gasteiger partial charge in [0.1, 0.15) is 0 Å². The average Bonchev–Trinajstić information content (AvgIpc) is 2.26. The van der Waals surface area contributed by atoms with Crippen molar-refractivity contribution in [2.24, 2.45) is 0 Å². The van der Waals surface area contributed by atoms with Gasteiger partial charge in [0.05, 0.1) is 5.52 Å². The van der Waals surface area contributed by atoms with Crippen LogP contribution in [-0.4, -0.2) is 18.1 Å². The number of nitrogens with two attached hydrogens (primary N) is 1. The van der Waals surface area contributed by atoms with E-state index in [4.69, 9.17) is 5.73 Å². The SMILES string of the molecule is Cc1cc(N(C)C2CCC2)c2cc(N)ccc2n1. The molecule has 1 fully saturated rings. The van der Waals surface area contributed by atoms with Gasteiger partial charge in [-0.25, -0.2) is 0 Å². The van der Waals surface area contributed by atoms with Crippen LogP contribution in [0.5, 0.6) is 0 Å². The molecule has 3 nitrogen and oxygen atoms in total. The second-order valence-electron chi connectivity index (χ2n) is 5.25. The predicted molar refractivity (Wildman–Crippen MR) is 76.9 cm³/mol. The van der Waals surface area contributed by atoms with E-state index in [9.17, 15) is 0 Å². The number of anilines is 2. The Morgan fingerprint density at radius 2 is 2.06 bits per heavy atom. The molecular formula is C15H19N3. The van der Waals surface area contributed by atoms with Crippen LogP contribution in [0.25, 0.3) is 10.9 Å². The Morgan fingerprint density at radius 1 is 1.28 bits per heavy atom. The number of aryl methyl sites for hydroxylation is 1. The fourth-order valence-corrected chi connectivity index (χ4v) is 2.62. The quantitative estimate of drug-likeness (QED) is 0.821. The summed E-state index contributed by atoms with van der Waals surface area (Å²) in [6.07, 6.45) is 3.93. The van der Waals surface area contributed by atoms with Gasteiger partial charge < -0.3 is 10.6 Å². The average molecular weight is 241 g/mol. The Labute approximate surface area is 108 Å². The summed E-state index contributed by atoms with van der Waals surface area (Å²) in [6.45, 7) is 2.05. The minimum absolute atomic E-state index is 0.677. The molecule has 1 aliphatic rings. The lowest BCUT2D eigenvalue weighted by Crippen LogP contribution is -2.37. The highest BCUT2D eigenvalue weighted by Crippen LogP contribution is 2.33. The predicted octanol–water partition coefficient (Wildman–Crippen LogP) is 3.11. The van der Waals surface area contributed by atoms with Crippen LogP contribution >= 0.6 is 0 Å². The van der Waals surface area contributed by atoms with Crippen molar-refractivity contribution in [3.05, 3.63) is 30.0 Å². The van der Waals surface area contributed by atoms with Crippen molar-refractivity contribution in [2.75, 3.05) is 17.7 Å². The van der Waals surface area contributed by atoms with Crippen molar-refractivity contribution in [2.45, 2.75) is 32.2 Å². The van der Waals surface area contributed by atoms with Crippen LogP contribution in [0.2, 0.25) is 0 Å². The molecule has 0 spiro atoms. The first-order valence-corrected chi connectivity index (χ1v) is 6.55. The zero-order chi connectivity index (χ0) is 12.7. The second kappa shape index (κ2) is 4.16. The lowest BCUT2D eigenvalue weighted by molar-refractivity contribution is 0.401. The molecule has 0 amide bonds. The van der Waals surface area contributed by atoms with Gasteiger partial charge >= 0.3 is 0 Å². The van der Waals surface area contributed by atoms with Crippen LogP contribution in [0.1, 0.15) is 25.0 Å². The topological polar surface area (TPSA) is 42.1 Å². The standard InChI is InChI=1S/C15H19N3/c1-10-8-15(18(2)12-4-3-5-12)13-9-11(16)6-7-14(13)17-10/h6-9,12H,3-5,16H2,1-2H3. The summed E-state index contributed by atoms with van der Waals surface area (Å²) in [4.78, 5) is 6.97. The first-order chi connectivity index (χ1) is 8.65. The van der Waals surface area contributed by atoms with Crippen molar-refractivity contribution in [3.8, 4) is 0 Å². The highest BCUT2D eigenvalue weighted by Gasteiger charge is 2.23. The summed E-state index contributed by atoms with van der Waals surface area (Å²) >= 11 is 0. The number of benzene rings is 1. The van der Waals surface area contributed by atoms with Gasteiger partial charge in [0.2, 0.25) is 0 Å². The summed E-state index contributed by atoms with van der Waals surface area (Å²) in [7, 11) is 2.18. The summed E-state index contributed by atoms with van der Waals surface area (Å²) in [6, 6.07) is 8.81. The maximum Gasteiger partial charge on any atom is 0.0727 e. The normalized spacial score (nSPS) is 15.7. The molecule has 18 heavy (non-hydrogen) atoms. The Hall–Kier alpha value is -1.77. The number of nitrogens with zero attached hydrogens (tertiary/aromatic N) is 2. The van der Waals surface area contributed by atoms with Gasteiger partial charge in [0.15, 0.2) is 0 Å². The molecule has 1 heterocycles. The molecule has 1 aromatic heterocycles. The molecule has 0 saturated heterocycles. The van der Waals surface area contributed by atoms with Gasteiger partial charge in [0.25, 0.3) is 0 Å². The summed E-state index contributed by atoms with van der Waals surface area (Å²) in [5.41, 5.74) is 10.1. The zero-order valence-corrected chi connectivity index (χ0v) is 11.0. The Kier molecular flexibility index (Phi) is 2.62. The van der Waals surface area contributed by atoms with E-state index in [1.165, 1.54) is 24.9 Å². The van der Waals surface area contributed by atoms with E-state index in [0.29, 0.717) is 6.04 Å². The molecule has 2 aromatic rings. The second-order valence-corrected chi connectivity index (χ2v) is 5.25. The highest BCUT2D eigenvalue weighted by atomic mass is 15.1. The molecule has 2 N–H and O–H groups in total. The molecule has 0 unspecified atom stereocenters. The smallest absolute Gasteiger partial charge is 0.0727 e. The summed E-state index contributed by atoms with van der Waals surface area (Å²) in [5.74, 6) is 0. The molecule has 3 heteroatoms. The van der Waals surface area contributed by atoms with Crippen LogP contribution < -0.4 is 10.6 Å². The molecule has 3 rings (SSSR count). The van der Waals surface area contributed by atoms with E-state index in [-0.39, 0.29) is 0 Å². The van der Waals surface area contributed by atoms with Gasteiger partial charge in [-0.2, -0.15) is 0 Å². The molecule has 0 atom stereocenters. The number of fused-ring (bicyclic) bond motifs is 1. The van der Waals surface area contributed by atoms with E-state index in [0.717, 1.165) is 22.3 Å². The molecule has 0 aliphatic heterocycles. The lowest BCUT2D eigenvalue weighted by Gasteiger charge is -2.37. The number of hydrogen-bond donors (Lipinski definition) is 1. The molecule has 0 bridgehead atoms. The first kappa shape index (κ1) is 11.3. The number of nitrogen functional groups attached to an aromatic ring is 1. The fourth-order valence-electron chi connectivity index (χ4n) is 2.62. The van der Waals surface area contributed by atoms with Crippen molar-refractivity contribution < 1.29 is 0 Å². The van der Waals surface area contributed by atoms with Crippen LogP contribution in [0.4, 0.5) is 11.4 Å². The Balaban J connectivity index is 2.16. The van der Waals surface area contributed by atoms with E-state index < -0.39 is 0 Å². The molecule has 1 aliphatic carbocycles. The minimum Gasteiger partial charge on any atom is -0.399 e. The van der Waals surface area contributed by atoms with Gasteiger partial charge in [-0.3, -0.25) is 4.98 Å². The zero-order valence-electron chi connectivity index (χ0n) is 11.0. The van der Waals surface area contributed by atoms with E-state index in [1.807, 2.05) is 25.1 Å². The fraction of sp³-hybridized carbons (Fsp3) is 0.400. The molecule has 0 radical (unpaired) electrons. The van der Waals surface area contributed by atoms with Gasteiger partial charge in [-0.1, -0.05) is 0 Å². The number of aromatic nitrogens is 1. The first-order valence-electron chi connectivity index (χ1n) is 6.55. The van der Waals surface area contributed by atoms with Crippen molar-refractivity contribution in [1.29, 1.82) is 0 Å². The third kappa shape index (κ3) is 1.80. The third-order valence-corrected chi connectivity index (χ3v) is 3.94. The van der Waals surface area contributed by atoms with Crippen LogP contribution in [0.3, 0.4) is 0 Å². The van der Waals surface area contributed by atoms with Crippen molar-refractivity contribution in [1.82, 2.24) is 4.98 Å². The highest BCUT2D eigenvalue weighted by molar-refractivity contribution is 5.94. The van der Waals surface area contributed by atoms with Crippen LogP contribution in [0.15, 0.2) is 24.3 Å². The van der Waals surface area contributed by atoms with E-state index in [1.54, 1.807) is 0 Å². The Morgan fingerprint density at radius 3 is 2.72 bits per heavy atom. The van der Waals surface area contributed by atoms with Crippen molar-refractivity contribution in [3.63, 3.8) is 0 Å². The van der Waals surface area contributed by atoms with Crippen molar-refractivity contribution >= 4 is 22.3 Å². The third-order valence-electron chi connectivity index (χ3n) is 3.94. The van der Waals surface area contributed by atoms with E-state index >= 15 is 0 Å².